The van der Waals surface area contributed by atoms with Crippen LogP contribution in [0.5, 0.6) is 0 Å². The standard InChI is InChI=1S/C13H14F3N3O.C13H15F3N2O3/c14-13(15,16)11-2-1-10(7-17)12(19-11)18-8-9-3-5-20-6-4-9;14-13(15,16)10-2-1-9(12(19)20)11(18-10)17-7-8-3-5-21-6-4-8/h1-2,9H,3-6,8H2,(H,18,19);1-2,8H,3-7H2,(H,17,18)(H,19,20). The number of halogens is 6. The monoisotopic (exact) mass is 589 g/mol. The minimum absolute atomic E-state index is 0.00573. The number of nitriles is 1. The second-order valence-electron chi connectivity index (χ2n) is 9.47. The first-order valence-electron chi connectivity index (χ1n) is 12.8. The first-order chi connectivity index (χ1) is 19.4. The van der Waals surface area contributed by atoms with Crippen LogP contribution >= 0.6 is 0 Å². The van der Waals surface area contributed by atoms with E-state index in [1.54, 1.807) is 0 Å². The van der Waals surface area contributed by atoms with Crippen LogP contribution in [0, 0.1) is 23.2 Å². The number of hydrogen-bond acceptors (Lipinski definition) is 8. The molecule has 41 heavy (non-hydrogen) atoms. The molecule has 0 spiro atoms. The van der Waals surface area contributed by atoms with Gasteiger partial charge in [0.1, 0.15) is 34.7 Å². The molecule has 0 unspecified atom stereocenters. The number of carbonyl (C=O) groups is 1. The van der Waals surface area contributed by atoms with Crippen molar-refractivity contribution in [2.45, 2.75) is 38.0 Å². The Hall–Kier alpha value is -3.64. The molecule has 0 radical (unpaired) electrons. The second kappa shape index (κ2) is 14.3. The molecular formula is C26H29F6N5O4. The van der Waals surface area contributed by atoms with Crippen molar-refractivity contribution >= 4 is 17.6 Å². The van der Waals surface area contributed by atoms with E-state index in [1.165, 1.54) is 0 Å². The smallest absolute Gasteiger partial charge is 0.433 e. The van der Waals surface area contributed by atoms with Gasteiger partial charge in [0, 0.05) is 39.5 Å². The molecule has 2 aromatic heterocycles. The van der Waals surface area contributed by atoms with E-state index < -0.39 is 29.7 Å². The number of nitrogens with zero attached hydrogens (tertiary/aromatic N) is 3. The molecule has 0 saturated carbocycles. The van der Waals surface area contributed by atoms with Gasteiger partial charge < -0.3 is 25.2 Å². The fourth-order valence-electron chi connectivity index (χ4n) is 4.15. The normalized spacial score (nSPS) is 16.7. The van der Waals surface area contributed by atoms with Gasteiger partial charge in [-0.25, -0.2) is 14.8 Å². The van der Waals surface area contributed by atoms with Gasteiger partial charge in [0.05, 0.1) is 5.56 Å². The van der Waals surface area contributed by atoms with Gasteiger partial charge in [0.25, 0.3) is 0 Å². The van der Waals surface area contributed by atoms with Crippen molar-refractivity contribution in [2.24, 2.45) is 11.8 Å². The van der Waals surface area contributed by atoms with Gasteiger partial charge in [-0.15, -0.1) is 0 Å². The zero-order chi connectivity index (χ0) is 30.0. The number of nitrogens with one attached hydrogen (secondary N) is 2. The van der Waals surface area contributed by atoms with Crippen LogP contribution in [0.4, 0.5) is 38.0 Å². The summed E-state index contributed by atoms with van der Waals surface area (Å²) in [7, 11) is 0. The molecule has 15 heteroatoms. The van der Waals surface area contributed by atoms with Crippen molar-refractivity contribution in [2.75, 3.05) is 50.2 Å². The molecule has 2 aliphatic heterocycles. The van der Waals surface area contributed by atoms with Crippen molar-refractivity contribution in [3.8, 4) is 6.07 Å². The van der Waals surface area contributed by atoms with Crippen LogP contribution in [-0.2, 0) is 21.8 Å². The molecule has 224 valence electrons. The highest BCUT2D eigenvalue weighted by Crippen LogP contribution is 2.31. The summed E-state index contributed by atoms with van der Waals surface area (Å²) in [6.45, 7) is 3.40. The van der Waals surface area contributed by atoms with E-state index in [1.807, 2.05) is 6.07 Å². The molecule has 9 nitrogen and oxygen atoms in total. The van der Waals surface area contributed by atoms with E-state index in [0.29, 0.717) is 51.5 Å². The highest BCUT2D eigenvalue weighted by molar-refractivity contribution is 5.93. The minimum atomic E-state index is -4.61. The Bertz CT molecular complexity index is 1210. The molecule has 0 bridgehead atoms. The largest absolute Gasteiger partial charge is 0.478 e. The van der Waals surface area contributed by atoms with Crippen LogP contribution in [0.15, 0.2) is 24.3 Å². The lowest BCUT2D eigenvalue weighted by Gasteiger charge is -2.23. The Morgan fingerprint density at radius 3 is 1.71 bits per heavy atom. The van der Waals surface area contributed by atoms with Gasteiger partial charge in [0.15, 0.2) is 0 Å². The average molecular weight is 590 g/mol. The Labute approximate surface area is 231 Å². The molecule has 0 amide bonds. The first-order valence-corrected chi connectivity index (χ1v) is 12.8. The maximum Gasteiger partial charge on any atom is 0.433 e. The molecule has 4 rings (SSSR count). The summed E-state index contributed by atoms with van der Waals surface area (Å²) in [5, 5.41) is 23.5. The number of carboxylic acid groups (broad SMARTS) is 1. The number of aromatic carboxylic acids is 1. The highest BCUT2D eigenvalue weighted by atomic mass is 19.4. The van der Waals surface area contributed by atoms with E-state index in [4.69, 9.17) is 19.8 Å². The highest BCUT2D eigenvalue weighted by Gasteiger charge is 2.34. The van der Waals surface area contributed by atoms with E-state index in [9.17, 15) is 31.1 Å². The number of anilines is 2. The maximum atomic E-state index is 12.6. The Balaban J connectivity index is 0.000000226. The van der Waals surface area contributed by atoms with Crippen LogP contribution in [-0.4, -0.2) is 60.6 Å². The van der Waals surface area contributed by atoms with Crippen LogP contribution in [0.1, 0.15) is 53.0 Å². The first kappa shape index (κ1) is 31.9. The lowest BCUT2D eigenvalue weighted by Crippen LogP contribution is -2.24. The predicted molar refractivity (Wildman–Crippen MR) is 134 cm³/mol. The molecule has 0 atom stereocenters. The summed E-state index contributed by atoms with van der Waals surface area (Å²) < 4.78 is 86.2. The summed E-state index contributed by atoms with van der Waals surface area (Å²) in [5.74, 6) is -1.01. The average Bonchev–Trinajstić information content (AvgIpc) is 2.95. The summed E-state index contributed by atoms with van der Waals surface area (Å²) in [4.78, 5) is 18.0. The zero-order valence-electron chi connectivity index (χ0n) is 21.8. The summed E-state index contributed by atoms with van der Waals surface area (Å²) in [5.41, 5.74) is -2.26. The lowest BCUT2D eigenvalue weighted by atomic mass is 10.0. The van der Waals surface area contributed by atoms with Crippen LogP contribution in [0.2, 0.25) is 0 Å². The number of carboxylic acids is 1. The topological polar surface area (TPSA) is 129 Å². The zero-order valence-corrected chi connectivity index (χ0v) is 21.8. The predicted octanol–water partition coefficient (Wildman–Crippen LogP) is 5.45. The van der Waals surface area contributed by atoms with Crippen molar-refractivity contribution in [3.63, 3.8) is 0 Å². The van der Waals surface area contributed by atoms with Gasteiger partial charge in [-0.1, -0.05) is 0 Å². The summed E-state index contributed by atoms with van der Waals surface area (Å²) >= 11 is 0. The molecule has 3 N–H and O–H groups in total. The minimum Gasteiger partial charge on any atom is -0.478 e. The van der Waals surface area contributed by atoms with Crippen molar-refractivity contribution in [1.29, 1.82) is 5.26 Å². The molecule has 0 aliphatic carbocycles. The van der Waals surface area contributed by atoms with Crippen LogP contribution in [0.3, 0.4) is 0 Å². The SMILES string of the molecule is N#Cc1ccc(C(F)(F)F)nc1NCC1CCOCC1.O=C(O)c1ccc(C(F)(F)F)nc1NCC1CCOCC1. The lowest BCUT2D eigenvalue weighted by molar-refractivity contribution is -0.141. The Kier molecular flexibility index (Phi) is 11.1. The van der Waals surface area contributed by atoms with Crippen molar-refractivity contribution in [1.82, 2.24) is 9.97 Å². The van der Waals surface area contributed by atoms with Crippen molar-refractivity contribution < 1.29 is 45.7 Å². The number of ether oxygens (including phenoxy) is 2. The molecule has 0 aromatic carbocycles. The molecule has 2 aliphatic rings. The third kappa shape index (κ3) is 9.75. The third-order valence-electron chi connectivity index (χ3n) is 6.52. The van der Waals surface area contributed by atoms with E-state index >= 15 is 0 Å². The second-order valence-corrected chi connectivity index (χ2v) is 9.47. The van der Waals surface area contributed by atoms with Crippen LogP contribution < -0.4 is 10.6 Å². The molecular weight excluding hydrogens is 560 g/mol. The van der Waals surface area contributed by atoms with E-state index in [2.05, 4.69) is 20.6 Å². The number of alkyl halides is 6. The van der Waals surface area contributed by atoms with E-state index in [0.717, 1.165) is 43.9 Å². The molecule has 2 aromatic rings. The summed E-state index contributed by atoms with van der Waals surface area (Å²) in [6.07, 6.45) is -5.83. The van der Waals surface area contributed by atoms with Gasteiger partial charge in [-0.05, 0) is 61.8 Å². The molecule has 4 heterocycles. The maximum absolute atomic E-state index is 12.6. The third-order valence-corrected chi connectivity index (χ3v) is 6.52. The Morgan fingerprint density at radius 1 is 0.829 bits per heavy atom. The molecule has 2 saturated heterocycles. The van der Waals surface area contributed by atoms with Crippen molar-refractivity contribution in [3.05, 3.63) is 46.8 Å². The van der Waals surface area contributed by atoms with Gasteiger partial charge in [-0.3, -0.25) is 0 Å². The van der Waals surface area contributed by atoms with Gasteiger partial charge >= 0.3 is 18.3 Å². The number of pyridine rings is 2. The Morgan fingerprint density at radius 2 is 1.27 bits per heavy atom. The fourth-order valence-corrected chi connectivity index (χ4v) is 4.15. The summed E-state index contributed by atoms with van der Waals surface area (Å²) in [6, 6.07) is 5.39. The number of hydrogen-bond donors (Lipinski definition) is 3. The van der Waals surface area contributed by atoms with E-state index in [-0.39, 0.29) is 28.7 Å². The van der Waals surface area contributed by atoms with Gasteiger partial charge in [-0.2, -0.15) is 31.6 Å². The van der Waals surface area contributed by atoms with Gasteiger partial charge in [0.2, 0.25) is 0 Å². The fraction of sp³-hybridized carbons (Fsp3) is 0.538. The number of rotatable bonds is 7. The number of aromatic nitrogens is 2. The molecule has 2 fully saturated rings. The van der Waals surface area contributed by atoms with Crippen LogP contribution in [0.25, 0.3) is 0 Å². The quantitative estimate of drug-likeness (QED) is 0.361.